The second-order valence-corrected chi connectivity index (χ2v) is 18.2. The number of aliphatic carboxylic acids is 1. The third kappa shape index (κ3) is 3.56. The Morgan fingerprint density at radius 2 is 1.76 bits per heavy atom. The molecule has 3 unspecified atom stereocenters. The molecule has 0 spiro atoms. The minimum atomic E-state index is -0.666. The van der Waals surface area contributed by atoms with E-state index in [9.17, 15) is 9.90 Å². The molecule has 1 aromatic heterocycles. The maximum absolute atomic E-state index is 13.5. The zero-order chi connectivity index (χ0) is 31.9. The van der Waals surface area contributed by atoms with Crippen LogP contribution in [0, 0.1) is 44.8 Å². The number of hydrogen-bond donors (Lipinski definition) is 3. The summed E-state index contributed by atoms with van der Waals surface area (Å²) < 4.78 is 0. The Labute approximate surface area is 269 Å². The van der Waals surface area contributed by atoms with E-state index in [0.717, 1.165) is 51.4 Å². The summed E-state index contributed by atoms with van der Waals surface area (Å²) in [7, 11) is 0. The van der Waals surface area contributed by atoms with Crippen LogP contribution < -0.4 is 5.73 Å². The van der Waals surface area contributed by atoms with Gasteiger partial charge in [0.1, 0.15) is 5.82 Å². The highest BCUT2D eigenvalue weighted by Crippen LogP contribution is 2.77. The van der Waals surface area contributed by atoms with E-state index in [1.54, 1.807) is 0 Å². The van der Waals surface area contributed by atoms with Gasteiger partial charge in [0.15, 0.2) is 0 Å². The number of nitrogens with two attached hydrogens (primary N) is 1. The molecular formula is C40H53N3O2. The summed E-state index contributed by atoms with van der Waals surface area (Å²) >= 11 is 0. The highest BCUT2D eigenvalue weighted by molar-refractivity contribution is 5.84. The summed E-state index contributed by atoms with van der Waals surface area (Å²) in [4.78, 5) is 13.5. The number of nitrogens with one attached hydrogen (secondary N) is 1. The predicted molar refractivity (Wildman–Crippen MR) is 181 cm³/mol. The minimum absolute atomic E-state index is 0.0439. The Bertz CT molecular complexity index is 1690. The van der Waals surface area contributed by atoms with Gasteiger partial charge < -0.3 is 10.8 Å². The van der Waals surface area contributed by atoms with Crippen LogP contribution in [0.3, 0.4) is 0 Å². The zero-order valence-corrected chi connectivity index (χ0v) is 28.6. The van der Waals surface area contributed by atoms with Crippen molar-refractivity contribution in [2.24, 2.45) is 44.8 Å². The number of anilines is 1. The number of benzene rings is 1. The van der Waals surface area contributed by atoms with Crippen LogP contribution in [-0.4, -0.2) is 21.3 Å². The van der Waals surface area contributed by atoms with E-state index in [0.29, 0.717) is 17.7 Å². The molecule has 6 aliphatic carbocycles. The quantitative estimate of drug-likeness (QED) is 0.318. The lowest BCUT2D eigenvalue weighted by atomic mass is 9.32. The number of allylic oxidation sites excluding steroid dienone is 3. The summed E-state index contributed by atoms with van der Waals surface area (Å²) in [6, 6.07) is 6.91. The van der Waals surface area contributed by atoms with Crippen LogP contribution >= 0.6 is 0 Å². The van der Waals surface area contributed by atoms with E-state index in [4.69, 9.17) is 5.73 Å². The molecule has 2 aromatic rings. The average Bonchev–Trinajstić information content (AvgIpc) is 3.59. The highest BCUT2D eigenvalue weighted by atomic mass is 16.4. The molecule has 0 saturated heterocycles. The lowest BCUT2D eigenvalue weighted by Gasteiger charge is -2.71. The number of hydrogen-bond acceptors (Lipinski definition) is 3. The molecule has 1 aromatic carbocycles. The smallest absolute Gasteiger partial charge is 0.310 e. The number of aromatic nitrogens is 2. The molecule has 5 heteroatoms. The van der Waals surface area contributed by atoms with E-state index < -0.39 is 11.4 Å². The summed E-state index contributed by atoms with van der Waals surface area (Å²) in [5.74, 6) is 1.14. The maximum atomic E-state index is 13.5. The fourth-order valence-corrected chi connectivity index (χ4v) is 13.0. The number of carboxylic acid groups (broad SMARTS) is 1. The van der Waals surface area contributed by atoms with Crippen molar-refractivity contribution in [2.45, 2.75) is 118 Å². The first-order chi connectivity index (χ1) is 21.1. The summed E-state index contributed by atoms with van der Waals surface area (Å²) in [5, 5.41) is 19.0. The fourth-order valence-electron chi connectivity index (χ4n) is 13.0. The zero-order valence-electron chi connectivity index (χ0n) is 28.6. The van der Waals surface area contributed by atoms with Gasteiger partial charge in [0, 0.05) is 16.7 Å². The number of carbonyl (C=O) groups is 1. The SMILES string of the molecule is CC1(C)CC[C@]2(C(=O)O)CC[C@]3(C)C(=C(c4cccc5c4C=CC5)CC4[C@@]5(C)Cc6c(N)n[nH]c6C(C)(C)C5CC[C@]43C)C2C1. The molecule has 6 aliphatic rings. The Kier molecular flexibility index (Phi) is 5.88. The van der Waals surface area contributed by atoms with E-state index in [1.165, 1.54) is 51.9 Å². The third-order valence-electron chi connectivity index (χ3n) is 15.5. The Morgan fingerprint density at radius 3 is 2.51 bits per heavy atom. The monoisotopic (exact) mass is 607 g/mol. The molecule has 1 heterocycles. The van der Waals surface area contributed by atoms with Gasteiger partial charge >= 0.3 is 5.97 Å². The lowest BCUT2D eigenvalue weighted by Crippen LogP contribution is -2.65. The van der Waals surface area contributed by atoms with Crippen LogP contribution in [0.4, 0.5) is 5.82 Å². The van der Waals surface area contributed by atoms with Gasteiger partial charge in [-0.25, -0.2) is 0 Å². The molecule has 45 heavy (non-hydrogen) atoms. The predicted octanol–water partition coefficient (Wildman–Crippen LogP) is 8.99. The summed E-state index contributed by atoms with van der Waals surface area (Å²) in [6.45, 7) is 17.4. The van der Waals surface area contributed by atoms with Crippen LogP contribution in [0.15, 0.2) is 29.8 Å². The first kappa shape index (κ1) is 29.6. The van der Waals surface area contributed by atoms with Gasteiger partial charge in [0.05, 0.1) is 5.41 Å². The van der Waals surface area contributed by atoms with Gasteiger partial charge in [-0.1, -0.05) is 84.4 Å². The van der Waals surface area contributed by atoms with Crippen molar-refractivity contribution in [3.63, 3.8) is 0 Å². The van der Waals surface area contributed by atoms with Crippen molar-refractivity contribution in [1.82, 2.24) is 10.2 Å². The first-order valence-corrected chi connectivity index (χ1v) is 17.7. The molecular weight excluding hydrogens is 554 g/mol. The van der Waals surface area contributed by atoms with Crippen molar-refractivity contribution in [3.05, 3.63) is 57.8 Å². The van der Waals surface area contributed by atoms with Crippen molar-refractivity contribution >= 4 is 23.4 Å². The number of rotatable bonds is 2. The van der Waals surface area contributed by atoms with Crippen molar-refractivity contribution < 1.29 is 9.90 Å². The maximum Gasteiger partial charge on any atom is 0.310 e. The van der Waals surface area contributed by atoms with Crippen LogP contribution in [0.25, 0.3) is 11.6 Å². The molecule has 3 saturated carbocycles. The van der Waals surface area contributed by atoms with Gasteiger partial charge in [-0.2, -0.15) is 5.10 Å². The molecule has 8 rings (SSSR count). The van der Waals surface area contributed by atoms with Crippen molar-refractivity contribution in [1.29, 1.82) is 0 Å². The highest BCUT2D eigenvalue weighted by Gasteiger charge is 2.70. The number of aromatic amines is 1. The van der Waals surface area contributed by atoms with Crippen LogP contribution in [0.1, 0.15) is 128 Å². The second-order valence-electron chi connectivity index (χ2n) is 18.2. The average molecular weight is 608 g/mol. The van der Waals surface area contributed by atoms with Crippen LogP contribution in [0.2, 0.25) is 0 Å². The van der Waals surface area contributed by atoms with E-state index >= 15 is 0 Å². The largest absolute Gasteiger partial charge is 0.481 e. The number of fused-ring (bicyclic) bond motifs is 9. The van der Waals surface area contributed by atoms with Gasteiger partial charge in [0.2, 0.25) is 0 Å². The summed E-state index contributed by atoms with van der Waals surface area (Å²) in [6.07, 6.45) is 14.4. The Balaban J connectivity index is 1.40. The van der Waals surface area contributed by atoms with Crippen LogP contribution in [0.5, 0.6) is 0 Å². The number of nitrogen functional groups attached to an aromatic ring is 1. The molecule has 4 N–H and O–H groups in total. The van der Waals surface area contributed by atoms with Crippen molar-refractivity contribution in [2.75, 3.05) is 5.73 Å². The third-order valence-corrected chi connectivity index (χ3v) is 15.5. The normalized spacial score (nSPS) is 40.5. The Morgan fingerprint density at radius 1 is 1.00 bits per heavy atom. The molecule has 7 atom stereocenters. The van der Waals surface area contributed by atoms with Gasteiger partial charge in [-0.15, -0.1) is 0 Å². The van der Waals surface area contributed by atoms with Crippen molar-refractivity contribution in [3.8, 4) is 0 Å². The minimum Gasteiger partial charge on any atom is -0.481 e. The standard InChI is InChI=1S/C40H53N3O2/c1-35(2)16-18-40(34(44)45)19-17-39(7)31(28(40)22-35)26(25-13-9-11-23-10-8-12-24(23)25)20-30-37(5)21-27-32(42-43-33(27)41)36(3,4)29(37)14-15-38(30,39)6/h8-9,11-13,28-30H,10,14-22H2,1-7H3,(H,44,45)(H3,41,42,43)/t28?,29?,30?,37-,38+,39+,40-/m0/s1. The molecule has 240 valence electrons. The fraction of sp³-hybridized carbons (Fsp3) is 0.650. The van der Waals surface area contributed by atoms with Gasteiger partial charge in [-0.05, 0) is 126 Å². The second kappa shape index (κ2) is 8.95. The van der Waals surface area contributed by atoms with E-state index in [1.807, 2.05) is 0 Å². The number of carboxylic acids is 1. The topological polar surface area (TPSA) is 92.0 Å². The molecule has 0 aliphatic heterocycles. The molecule has 3 fully saturated rings. The molecule has 5 nitrogen and oxygen atoms in total. The molecule has 0 radical (unpaired) electrons. The van der Waals surface area contributed by atoms with Gasteiger partial charge in [-0.3, -0.25) is 9.89 Å². The first-order valence-electron chi connectivity index (χ1n) is 17.7. The van der Waals surface area contributed by atoms with E-state index in [-0.39, 0.29) is 33.0 Å². The molecule has 0 bridgehead atoms. The number of nitrogens with zero attached hydrogens (tertiary/aromatic N) is 1. The van der Waals surface area contributed by atoms with Gasteiger partial charge in [0.25, 0.3) is 0 Å². The number of H-pyrrole nitrogens is 1. The molecule has 0 amide bonds. The Hall–Kier alpha value is -2.82. The summed E-state index contributed by atoms with van der Waals surface area (Å²) in [5.41, 5.74) is 15.7. The van der Waals surface area contributed by atoms with E-state index in [2.05, 4.69) is 89.0 Å². The van der Waals surface area contributed by atoms with Crippen LogP contribution in [-0.2, 0) is 23.1 Å². The lowest BCUT2D eigenvalue weighted by molar-refractivity contribution is -0.175.